The van der Waals surface area contributed by atoms with Gasteiger partial charge < -0.3 is 5.73 Å². The summed E-state index contributed by atoms with van der Waals surface area (Å²) in [5, 5.41) is 0. The second-order valence-corrected chi connectivity index (χ2v) is 4.87. The maximum Gasteiger partial charge on any atom is 0.0233 e. The van der Waals surface area contributed by atoms with Gasteiger partial charge in [0.1, 0.15) is 0 Å². The van der Waals surface area contributed by atoms with Gasteiger partial charge in [-0.2, -0.15) is 0 Å². The Morgan fingerprint density at radius 2 is 1.81 bits per heavy atom. The van der Waals surface area contributed by atoms with E-state index in [4.69, 9.17) is 5.73 Å². The van der Waals surface area contributed by atoms with Gasteiger partial charge in [0.05, 0.1) is 0 Å². The average molecular weight is 218 g/mol. The summed E-state index contributed by atoms with van der Waals surface area (Å²) >= 11 is 0. The summed E-state index contributed by atoms with van der Waals surface area (Å²) in [4.78, 5) is 2.53. The zero-order valence-electron chi connectivity index (χ0n) is 10.2. The van der Waals surface area contributed by atoms with Gasteiger partial charge in [-0.05, 0) is 23.5 Å². The molecule has 0 aliphatic carbocycles. The molecule has 0 aromatic heterocycles. The van der Waals surface area contributed by atoms with Gasteiger partial charge in [-0.1, -0.05) is 37.6 Å². The lowest BCUT2D eigenvalue weighted by Crippen LogP contribution is -2.45. The van der Waals surface area contributed by atoms with Gasteiger partial charge in [0.2, 0.25) is 0 Å². The maximum atomic E-state index is 5.58. The Hall–Kier alpha value is -0.860. The van der Waals surface area contributed by atoms with Gasteiger partial charge >= 0.3 is 0 Å². The molecule has 1 saturated heterocycles. The molecule has 0 bridgehead atoms. The van der Waals surface area contributed by atoms with Crippen molar-refractivity contribution in [1.29, 1.82) is 0 Å². The molecule has 0 radical (unpaired) electrons. The molecule has 0 spiro atoms. The fourth-order valence-corrected chi connectivity index (χ4v) is 2.44. The van der Waals surface area contributed by atoms with Crippen LogP contribution in [0.1, 0.15) is 30.9 Å². The van der Waals surface area contributed by atoms with Crippen LogP contribution in [-0.4, -0.2) is 18.0 Å². The average Bonchev–Trinajstić information content (AvgIpc) is 2.27. The molecule has 0 saturated carbocycles. The number of nitrogens with zero attached hydrogens (tertiary/aromatic N) is 1. The summed E-state index contributed by atoms with van der Waals surface area (Å²) < 4.78 is 0. The lowest BCUT2D eigenvalue weighted by molar-refractivity contribution is 0.0860. The van der Waals surface area contributed by atoms with Crippen molar-refractivity contribution in [1.82, 2.24) is 4.90 Å². The first-order valence-corrected chi connectivity index (χ1v) is 6.32. The molecule has 0 unspecified atom stereocenters. The molecule has 1 fully saturated rings. The molecule has 0 atom stereocenters. The van der Waals surface area contributed by atoms with Crippen molar-refractivity contribution in [3.8, 4) is 0 Å². The summed E-state index contributed by atoms with van der Waals surface area (Å²) in [5.41, 5.74) is 8.21. The topological polar surface area (TPSA) is 29.3 Å². The molecule has 2 rings (SSSR count). The molecule has 1 aromatic carbocycles. The lowest BCUT2D eigenvalue weighted by atomic mass is 9.94. The minimum Gasteiger partial charge on any atom is -0.326 e. The van der Waals surface area contributed by atoms with E-state index in [2.05, 4.69) is 36.1 Å². The number of rotatable bonds is 5. The molecule has 1 heterocycles. The van der Waals surface area contributed by atoms with Crippen LogP contribution in [0.4, 0.5) is 0 Å². The van der Waals surface area contributed by atoms with Gasteiger partial charge in [-0.3, -0.25) is 4.90 Å². The van der Waals surface area contributed by atoms with E-state index in [1.54, 1.807) is 0 Å². The predicted octanol–water partition coefficient (Wildman–Crippen LogP) is 2.38. The van der Waals surface area contributed by atoms with E-state index in [1.165, 1.54) is 37.1 Å². The van der Waals surface area contributed by atoms with Crippen LogP contribution in [0.2, 0.25) is 0 Å². The highest BCUT2D eigenvalue weighted by atomic mass is 15.2. The third-order valence-corrected chi connectivity index (χ3v) is 3.39. The van der Waals surface area contributed by atoms with E-state index >= 15 is 0 Å². The summed E-state index contributed by atoms with van der Waals surface area (Å²) in [5.74, 6) is 0.952. The minimum atomic E-state index is 0.641. The van der Waals surface area contributed by atoms with Crippen LogP contribution in [0, 0.1) is 5.92 Å². The Balaban J connectivity index is 1.78. The van der Waals surface area contributed by atoms with Crippen molar-refractivity contribution in [2.75, 3.05) is 13.1 Å². The van der Waals surface area contributed by atoms with Crippen molar-refractivity contribution in [3.05, 3.63) is 35.4 Å². The van der Waals surface area contributed by atoms with Crippen LogP contribution in [0.25, 0.3) is 0 Å². The molecule has 2 heteroatoms. The second kappa shape index (κ2) is 5.46. The van der Waals surface area contributed by atoms with Gasteiger partial charge in [0.25, 0.3) is 0 Å². The van der Waals surface area contributed by atoms with E-state index in [9.17, 15) is 0 Å². The maximum absolute atomic E-state index is 5.58. The Morgan fingerprint density at radius 1 is 1.19 bits per heavy atom. The molecule has 2 N–H and O–H groups in total. The quantitative estimate of drug-likeness (QED) is 0.822. The third kappa shape index (κ3) is 2.83. The number of benzene rings is 1. The van der Waals surface area contributed by atoms with Gasteiger partial charge in [-0.15, -0.1) is 0 Å². The molecule has 1 aliphatic heterocycles. The van der Waals surface area contributed by atoms with Crippen molar-refractivity contribution < 1.29 is 0 Å². The van der Waals surface area contributed by atoms with Crippen LogP contribution in [0.5, 0.6) is 0 Å². The highest BCUT2D eigenvalue weighted by Crippen LogP contribution is 2.22. The van der Waals surface area contributed by atoms with E-state index < -0.39 is 0 Å². The Morgan fingerprint density at radius 3 is 2.38 bits per heavy atom. The molecule has 1 aromatic rings. The fourth-order valence-electron chi connectivity index (χ4n) is 2.44. The number of likely N-dealkylation sites (tertiary alicyclic amines) is 1. The van der Waals surface area contributed by atoms with E-state index in [0.717, 1.165) is 12.5 Å². The smallest absolute Gasteiger partial charge is 0.0233 e. The SMILES string of the molecule is CCCC1CN(Cc2ccc(CN)cc2)C1. The molecule has 1 aliphatic rings. The van der Waals surface area contributed by atoms with Crippen LogP contribution in [-0.2, 0) is 13.1 Å². The molecular weight excluding hydrogens is 196 g/mol. The molecular formula is C14H22N2. The van der Waals surface area contributed by atoms with Crippen molar-refractivity contribution in [3.63, 3.8) is 0 Å². The minimum absolute atomic E-state index is 0.641. The first kappa shape index (κ1) is 11.6. The van der Waals surface area contributed by atoms with Crippen LogP contribution >= 0.6 is 0 Å². The second-order valence-electron chi connectivity index (χ2n) is 4.87. The number of nitrogens with two attached hydrogens (primary N) is 1. The molecule has 88 valence electrons. The Kier molecular flexibility index (Phi) is 3.97. The van der Waals surface area contributed by atoms with E-state index in [0.29, 0.717) is 6.54 Å². The first-order valence-electron chi connectivity index (χ1n) is 6.32. The lowest BCUT2D eigenvalue weighted by Gasteiger charge is -2.39. The first-order chi connectivity index (χ1) is 7.81. The fraction of sp³-hybridized carbons (Fsp3) is 0.571. The molecule has 2 nitrogen and oxygen atoms in total. The van der Waals surface area contributed by atoms with Crippen molar-refractivity contribution >= 4 is 0 Å². The Bertz CT molecular complexity index is 312. The van der Waals surface area contributed by atoms with Crippen LogP contribution < -0.4 is 5.73 Å². The van der Waals surface area contributed by atoms with Gasteiger partial charge in [0, 0.05) is 26.2 Å². The summed E-state index contributed by atoms with van der Waals surface area (Å²) in [7, 11) is 0. The van der Waals surface area contributed by atoms with E-state index in [1.807, 2.05) is 0 Å². The van der Waals surface area contributed by atoms with Crippen LogP contribution in [0.3, 0.4) is 0 Å². The summed E-state index contributed by atoms with van der Waals surface area (Å²) in [6.07, 6.45) is 2.71. The zero-order chi connectivity index (χ0) is 11.4. The van der Waals surface area contributed by atoms with Crippen molar-refractivity contribution in [2.45, 2.75) is 32.9 Å². The van der Waals surface area contributed by atoms with Crippen LogP contribution in [0.15, 0.2) is 24.3 Å². The van der Waals surface area contributed by atoms with Gasteiger partial charge in [0.15, 0.2) is 0 Å². The van der Waals surface area contributed by atoms with Gasteiger partial charge in [-0.25, -0.2) is 0 Å². The highest BCUT2D eigenvalue weighted by Gasteiger charge is 2.25. The number of hydrogen-bond acceptors (Lipinski definition) is 2. The predicted molar refractivity (Wildman–Crippen MR) is 68.0 cm³/mol. The molecule has 0 amide bonds. The zero-order valence-corrected chi connectivity index (χ0v) is 10.2. The number of hydrogen-bond donors (Lipinski definition) is 1. The largest absolute Gasteiger partial charge is 0.326 e. The van der Waals surface area contributed by atoms with E-state index in [-0.39, 0.29) is 0 Å². The van der Waals surface area contributed by atoms with Crippen molar-refractivity contribution in [2.24, 2.45) is 11.7 Å². The third-order valence-electron chi connectivity index (χ3n) is 3.39. The Labute approximate surface area is 98.4 Å². The standard InChI is InChI=1S/C14H22N2/c1-2-3-14-10-16(11-14)9-13-6-4-12(8-15)5-7-13/h4-7,14H,2-3,8-11,15H2,1H3. The normalized spacial score (nSPS) is 17.4. The molecule has 16 heavy (non-hydrogen) atoms. The summed E-state index contributed by atoms with van der Waals surface area (Å²) in [6.45, 7) is 6.58. The highest BCUT2D eigenvalue weighted by molar-refractivity contribution is 5.22. The summed E-state index contributed by atoms with van der Waals surface area (Å²) in [6, 6.07) is 8.68. The monoisotopic (exact) mass is 218 g/mol.